The molecule has 0 aromatic heterocycles. The van der Waals surface area contributed by atoms with Crippen LogP contribution in [0.25, 0.3) is 0 Å². The molecule has 0 unspecified atom stereocenters. The number of alkyl halides is 1. The van der Waals surface area contributed by atoms with Gasteiger partial charge in [0.1, 0.15) is 0 Å². The Morgan fingerprint density at radius 2 is 1.75 bits per heavy atom. The Morgan fingerprint density at radius 3 is 2.12 bits per heavy atom. The van der Waals surface area contributed by atoms with Crippen molar-refractivity contribution in [2.24, 2.45) is 5.92 Å². The fraction of sp³-hybridized carbons (Fsp3) is 0.571. The molecule has 2 heteroatoms. The molecule has 0 spiro atoms. The van der Waals surface area contributed by atoms with Gasteiger partial charge in [-0.1, -0.05) is 45.0 Å². The molecular weight excluding hydrogens is 220 g/mol. The number of rotatable bonds is 4. The van der Waals surface area contributed by atoms with Crippen LogP contribution in [-0.4, -0.2) is 17.6 Å². The molecule has 1 N–H and O–H groups in total. The Hall–Kier alpha value is -0.530. The predicted octanol–water partition coefficient (Wildman–Crippen LogP) is 3.37. The van der Waals surface area contributed by atoms with E-state index in [2.05, 4.69) is 45.0 Å². The van der Waals surface area contributed by atoms with Gasteiger partial charge in [0.25, 0.3) is 0 Å². The van der Waals surface area contributed by atoms with E-state index in [1.807, 2.05) is 0 Å². The number of aliphatic hydroxyl groups excluding tert-OH is 1. The lowest BCUT2D eigenvalue weighted by atomic mass is 9.86. The van der Waals surface area contributed by atoms with Crippen molar-refractivity contribution in [2.45, 2.75) is 32.6 Å². The van der Waals surface area contributed by atoms with E-state index in [1.165, 1.54) is 11.1 Å². The Morgan fingerprint density at radius 1 is 1.19 bits per heavy atom. The molecule has 1 aromatic rings. The first-order chi connectivity index (χ1) is 7.47. The number of benzene rings is 1. The minimum Gasteiger partial charge on any atom is -0.396 e. The Kier molecular flexibility index (Phi) is 4.82. The Balaban J connectivity index is 2.72. The molecule has 0 aliphatic rings. The summed E-state index contributed by atoms with van der Waals surface area (Å²) in [6.45, 7) is 6.77. The summed E-state index contributed by atoms with van der Waals surface area (Å²) in [5.74, 6) is 0.680. The molecule has 1 aromatic carbocycles. The van der Waals surface area contributed by atoms with E-state index in [1.54, 1.807) is 0 Å². The molecule has 0 heterocycles. The second-order valence-corrected chi connectivity index (χ2v) is 5.66. The third kappa shape index (κ3) is 3.80. The molecule has 16 heavy (non-hydrogen) atoms. The second-order valence-electron chi connectivity index (χ2n) is 5.35. The van der Waals surface area contributed by atoms with Crippen LogP contribution in [0.2, 0.25) is 0 Å². The fourth-order valence-electron chi connectivity index (χ4n) is 1.64. The molecule has 0 amide bonds. The standard InChI is InChI=1S/C14H21ClO/c1-14(2,3)13-6-4-11(5-7-13)8-12(9-15)10-16/h4-7,12,16H,8-10H2,1-3H3/t12-/m1/s1. The zero-order chi connectivity index (χ0) is 12.2. The predicted molar refractivity (Wildman–Crippen MR) is 70.1 cm³/mol. The van der Waals surface area contributed by atoms with Crippen molar-refractivity contribution in [3.05, 3.63) is 35.4 Å². The first kappa shape index (κ1) is 13.5. The van der Waals surface area contributed by atoms with Crippen LogP contribution in [0.4, 0.5) is 0 Å². The molecule has 0 aliphatic heterocycles. The average Bonchev–Trinajstić information content (AvgIpc) is 2.25. The van der Waals surface area contributed by atoms with Crippen molar-refractivity contribution in [3.63, 3.8) is 0 Å². The highest BCUT2D eigenvalue weighted by Crippen LogP contribution is 2.22. The zero-order valence-electron chi connectivity index (χ0n) is 10.3. The van der Waals surface area contributed by atoms with Crippen LogP contribution in [-0.2, 0) is 11.8 Å². The molecule has 0 saturated carbocycles. The summed E-state index contributed by atoms with van der Waals surface area (Å²) in [5.41, 5.74) is 2.77. The van der Waals surface area contributed by atoms with E-state index >= 15 is 0 Å². The summed E-state index contributed by atoms with van der Waals surface area (Å²) < 4.78 is 0. The molecule has 1 rings (SSSR count). The summed E-state index contributed by atoms with van der Waals surface area (Å²) in [6.07, 6.45) is 0.852. The molecule has 90 valence electrons. The van der Waals surface area contributed by atoms with Crippen molar-refractivity contribution in [1.82, 2.24) is 0 Å². The largest absolute Gasteiger partial charge is 0.396 e. The maximum absolute atomic E-state index is 9.09. The van der Waals surface area contributed by atoms with Crippen LogP contribution in [0.15, 0.2) is 24.3 Å². The summed E-state index contributed by atoms with van der Waals surface area (Å²) in [7, 11) is 0. The highest BCUT2D eigenvalue weighted by atomic mass is 35.5. The number of hydrogen-bond donors (Lipinski definition) is 1. The highest BCUT2D eigenvalue weighted by Gasteiger charge is 2.13. The Labute approximate surface area is 103 Å². The van der Waals surface area contributed by atoms with Crippen molar-refractivity contribution in [3.8, 4) is 0 Å². The van der Waals surface area contributed by atoms with Crippen molar-refractivity contribution in [1.29, 1.82) is 0 Å². The number of halogens is 1. The van der Waals surface area contributed by atoms with Gasteiger partial charge in [0.2, 0.25) is 0 Å². The van der Waals surface area contributed by atoms with Crippen LogP contribution in [0.1, 0.15) is 31.9 Å². The third-order valence-electron chi connectivity index (χ3n) is 2.82. The summed E-state index contributed by atoms with van der Waals surface area (Å²) in [4.78, 5) is 0. The van der Waals surface area contributed by atoms with Crippen LogP contribution >= 0.6 is 11.6 Å². The highest BCUT2D eigenvalue weighted by molar-refractivity contribution is 6.18. The zero-order valence-corrected chi connectivity index (χ0v) is 11.1. The first-order valence-corrected chi connectivity index (χ1v) is 6.27. The topological polar surface area (TPSA) is 20.2 Å². The lowest BCUT2D eigenvalue weighted by Crippen LogP contribution is -2.13. The molecule has 1 atom stereocenters. The van der Waals surface area contributed by atoms with Gasteiger partial charge in [0, 0.05) is 12.5 Å². The Bertz CT molecular complexity index is 307. The minimum absolute atomic E-state index is 0.157. The lowest BCUT2D eigenvalue weighted by Gasteiger charge is -2.19. The van der Waals surface area contributed by atoms with E-state index < -0.39 is 0 Å². The third-order valence-corrected chi connectivity index (χ3v) is 3.26. The number of hydrogen-bond acceptors (Lipinski definition) is 1. The molecule has 0 saturated heterocycles. The van der Waals surface area contributed by atoms with Gasteiger partial charge in [-0.25, -0.2) is 0 Å². The van der Waals surface area contributed by atoms with E-state index in [0.717, 1.165) is 6.42 Å². The maximum atomic E-state index is 9.09. The van der Waals surface area contributed by atoms with Crippen LogP contribution < -0.4 is 0 Å². The SMILES string of the molecule is CC(C)(C)c1ccc(C[C@@H](CO)CCl)cc1. The fourth-order valence-corrected chi connectivity index (χ4v) is 1.85. The minimum atomic E-state index is 0.157. The van der Waals surface area contributed by atoms with E-state index in [-0.39, 0.29) is 17.9 Å². The summed E-state index contributed by atoms with van der Waals surface area (Å²) in [6, 6.07) is 8.60. The van der Waals surface area contributed by atoms with Crippen LogP contribution in [0.5, 0.6) is 0 Å². The first-order valence-electron chi connectivity index (χ1n) is 5.73. The summed E-state index contributed by atoms with van der Waals surface area (Å²) in [5, 5.41) is 9.09. The average molecular weight is 241 g/mol. The molecular formula is C14H21ClO. The molecule has 0 radical (unpaired) electrons. The van der Waals surface area contributed by atoms with Gasteiger partial charge in [-0.05, 0) is 28.9 Å². The smallest absolute Gasteiger partial charge is 0.0473 e. The molecule has 1 nitrogen and oxygen atoms in total. The molecule has 0 aliphatic carbocycles. The van der Waals surface area contributed by atoms with E-state index in [0.29, 0.717) is 5.88 Å². The van der Waals surface area contributed by atoms with Gasteiger partial charge in [0.15, 0.2) is 0 Å². The van der Waals surface area contributed by atoms with Gasteiger partial charge >= 0.3 is 0 Å². The van der Waals surface area contributed by atoms with Crippen molar-refractivity contribution >= 4 is 11.6 Å². The van der Waals surface area contributed by atoms with Crippen molar-refractivity contribution < 1.29 is 5.11 Å². The van der Waals surface area contributed by atoms with Gasteiger partial charge < -0.3 is 5.11 Å². The van der Waals surface area contributed by atoms with Gasteiger partial charge in [-0.2, -0.15) is 0 Å². The van der Waals surface area contributed by atoms with Crippen molar-refractivity contribution in [2.75, 3.05) is 12.5 Å². The quantitative estimate of drug-likeness (QED) is 0.801. The monoisotopic (exact) mass is 240 g/mol. The lowest BCUT2D eigenvalue weighted by molar-refractivity contribution is 0.239. The van der Waals surface area contributed by atoms with Gasteiger partial charge in [-0.15, -0.1) is 11.6 Å². The normalized spacial score (nSPS) is 13.8. The molecule has 0 bridgehead atoms. The van der Waals surface area contributed by atoms with Gasteiger partial charge in [-0.3, -0.25) is 0 Å². The number of aliphatic hydroxyl groups is 1. The van der Waals surface area contributed by atoms with Crippen LogP contribution in [0, 0.1) is 5.92 Å². The van der Waals surface area contributed by atoms with Crippen LogP contribution in [0.3, 0.4) is 0 Å². The van der Waals surface area contributed by atoms with E-state index in [4.69, 9.17) is 16.7 Å². The second kappa shape index (κ2) is 5.70. The summed E-state index contributed by atoms with van der Waals surface area (Å²) >= 11 is 5.76. The molecule has 0 fully saturated rings. The maximum Gasteiger partial charge on any atom is 0.0473 e. The van der Waals surface area contributed by atoms with Gasteiger partial charge in [0.05, 0.1) is 0 Å². The van der Waals surface area contributed by atoms with E-state index in [9.17, 15) is 0 Å².